The Hall–Kier alpha value is -3.65. The highest BCUT2D eigenvalue weighted by Gasteiger charge is 2.31. The Balaban J connectivity index is 0.000000287. The molecule has 1 N–H and O–H groups in total. The zero-order chi connectivity index (χ0) is 28.4. The van der Waals surface area contributed by atoms with E-state index in [2.05, 4.69) is 18.8 Å². The molecule has 0 spiro atoms. The summed E-state index contributed by atoms with van der Waals surface area (Å²) in [6.07, 6.45) is 3.80. The first kappa shape index (κ1) is 32.4. The molecule has 1 aliphatic heterocycles. The van der Waals surface area contributed by atoms with Crippen molar-refractivity contribution in [3.63, 3.8) is 0 Å². The molecule has 1 atom stereocenters. The topological polar surface area (TPSA) is 94.2 Å². The summed E-state index contributed by atoms with van der Waals surface area (Å²) in [7, 11) is 1.71. The molecule has 0 aliphatic carbocycles. The number of carbonyl (C=O) groups is 3. The predicted molar refractivity (Wildman–Crippen MR) is 149 cm³/mol. The van der Waals surface area contributed by atoms with Gasteiger partial charge in [-0.25, -0.2) is 4.79 Å². The molecule has 1 amide bonds. The average Bonchev–Trinajstić information content (AvgIpc) is 3.37. The number of hydrogen-bond donors (Lipinski definition) is 1. The zero-order valence-electron chi connectivity index (χ0n) is 23.3. The second-order valence-corrected chi connectivity index (χ2v) is 9.61. The number of aldehydes is 1. The van der Waals surface area contributed by atoms with Crippen molar-refractivity contribution in [1.29, 1.82) is 0 Å². The van der Waals surface area contributed by atoms with Crippen LogP contribution >= 0.6 is 0 Å². The van der Waals surface area contributed by atoms with Crippen LogP contribution in [-0.2, 0) is 25.7 Å². The highest BCUT2D eigenvalue weighted by atomic mass is 16.6. The lowest BCUT2D eigenvalue weighted by molar-refractivity contribution is -0.143. The van der Waals surface area contributed by atoms with E-state index in [9.17, 15) is 14.4 Å². The van der Waals surface area contributed by atoms with E-state index < -0.39 is 5.60 Å². The lowest BCUT2D eigenvalue weighted by Gasteiger charge is -2.26. The second-order valence-electron chi connectivity index (χ2n) is 9.61. The minimum absolute atomic E-state index is 0.230. The van der Waals surface area contributed by atoms with Crippen LogP contribution in [-0.4, -0.2) is 61.6 Å². The first-order valence-electron chi connectivity index (χ1n) is 12.7. The Labute approximate surface area is 227 Å². The van der Waals surface area contributed by atoms with Gasteiger partial charge in [0.05, 0.1) is 12.6 Å². The van der Waals surface area contributed by atoms with E-state index >= 15 is 0 Å². The number of nitrogens with one attached hydrogen (secondary N) is 1. The van der Waals surface area contributed by atoms with Crippen LogP contribution in [0.15, 0.2) is 67.3 Å². The molecule has 3 rings (SSSR count). The number of likely N-dealkylation sites (tertiary alicyclic amines) is 1. The molecule has 1 unspecified atom stereocenters. The van der Waals surface area contributed by atoms with Gasteiger partial charge in [0.2, 0.25) is 0 Å². The van der Waals surface area contributed by atoms with Gasteiger partial charge in [-0.1, -0.05) is 60.7 Å². The van der Waals surface area contributed by atoms with Crippen LogP contribution in [0.4, 0.5) is 4.79 Å². The van der Waals surface area contributed by atoms with Gasteiger partial charge in [0.1, 0.15) is 30.9 Å². The maximum Gasteiger partial charge on any atom is 0.410 e. The van der Waals surface area contributed by atoms with Crippen LogP contribution in [0.3, 0.4) is 0 Å². The summed E-state index contributed by atoms with van der Waals surface area (Å²) >= 11 is 0. The van der Waals surface area contributed by atoms with Crippen molar-refractivity contribution >= 4 is 18.3 Å². The summed E-state index contributed by atoms with van der Waals surface area (Å²) in [5, 5.41) is 2.73. The van der Waals surface area contributed by atoms with Crippen LogP contribution < -0.4 is 10.1 Å². The maximum absolute atomic E-state index is 11.6. The maximum atomic E-state index is 11.6. The molecule has 208 valence electrons. The summed E-state index contributed by atoms with van der Waals surface area (Å²) in [4.78, 5) is 34.6. The molecule has 0 saturated carbocycles. The fourth-order valence-electron chi connectivity index (χ4n) is 3.20. The largest absolute Gasteiger partial charge is 0.490 e. The smallest absolute Gasteiger partial charge is 0.410 e. The fourth-order valence-corrected chi connectivity index (χ4v) is 3.20. The summed E-state index contributed by atoms with van der Waals surface area (Å²) in [6.45, 7) is 12.9. The van der Waals surface area contributed by atoms with Crippen molar-refractivity contribution in [2.75, 3.05) is 26.7 Å². The fraction of sp³-hybridized carbons (Fsp3) is 0.433. The predicted octanol–water partition coefficient (Wildman–Crippen LogP) is 5.09. The van der Waals surface area contributed by atoms with Gasteiger partial charge in [-0.15, -0.1) is 0 Å². The van der Waals surface area contributed by atoms with E-state index in [4.69, 9.17) is 14.2 Å². The number of benzene rings is 2. The standard InChI is InChI=1S/C10H17NO3.C10H13NO2.C10H12O/c1-10(2,3)14-9(13)11-6-4-5-8(11)7-12;1-11-7-10(12)13-8-9-5-3-2-4-6-9;1-3-8-11-10-6-4-9(2)5-7-10/h7-8H,4-6H2,1-3H3;2-6,11H,7-8H2,1H3;3-7H,1,8H2,2H3. The molecule has 2 aromatic carbocycles. The van der Waals surface area contributed by atoms with E-state index in [0.29, 0.717) is 19.8 Å². The second kappa shape index (κ2) is 17.7. The third-order valence-electron chi connectivity index (χ3n) is 5.04. The number of esters is 1. The lowest BCUT2D eigenvalue weighted by Crippen LogP contribution is -2.40. The lowest BCUT2D eigenvalue weighted by atomic mass is 10.2. The molecular formula is C30H42N2O6. The van der Waals surface area contributed by atoms with Crippen LogP contribution in [0, 0.1) is 6.92 Å². The summed E-state index contributed by atoms with van der Waals surface area (Å²) < 4.78 is 15.4. The van der Waals surface area contributed by atoms with Crippen LogP contribution in [0.1, 0.15) is 44.7 Å². The Bertz CT molecular complexity index is 970. The van der Waals surface area contributed by atoms with E-state index in [1.54, 1.807) is 13.1 Å². The SMILES string of the molecule is C=CCOc1ccc(C)cc1.CC(C)(C)OC(=O)N1CCCC1C=O.CNCC(=O)OCc1ccccc1. The Morgan fingerprint density at radius 3 is 2.32 bits per heavy atom. The molecule has 0 aromatic heterocycles. The number of amides is 1. The third kappa shape index (κ3) is 14.2. The monoisotopic (exact) mass is 526 g/mol. The quantitative estimate of drug-likeness (QED) is 0.291. The third-order valence-corrected chi connectivity index (χ3v) is 5.04. The normalized spacial score (nSPS) is 14.1. The minimum atomic E-state index is -0.493. The van der Waals surface area contributed by atoms with E-state index in [-0.39, 0.29) is 24.6 Å². The van der Waals surface area contributed by atoms with Gasteiger partial charge in [0.25, 0.3) is 0 Å². The van der Waals surface area contributed by atoms with Gasteiger partial charge in [-0.2, -0.15) is 0 Å². The Kier molecular flexibility index (Phi) is 15.1. The number of carbonyl (C=O) groups excluding carboxylic acids is 3. The summed E-state index contributed by atoms with van der Waals surface area (Å²) in [5.74, 6) is 0.668. The number of hydrogen-bond acceptors (Lipinski definition) is 7. The molecule has 1 saturated heterocycles. The van der Waals surface area contributed by atoms with Crippen LogP contribution in [0.2, 0.25) is 0 Å². The molecule has 0 radical (unpaired) electrons. The minimum Gasteiger partial charge on any atom is -0.490 e. The zero-order valence-corrected chi connectivity index (χ0v) is 23.3. The van der Waals surface area contributed by atoms with Crippen molar-refractivity contribution in [2.24, 2.45) is 0 Å². The molecule has 2 aromatic rings. The van der Waals surface area contributed by atoms with E-state index in [1.165, 1.54) is 10.5 Å². The summed E-state index contributed by atoms with van der Waals surface area (Å²) in [5.41, 5.74) is 1.76. The van der Waals surface area contributed by atoms with Crippen molar-refractivity contribution in [3.8, 4) is 5.75 Å². The van der Waals surface area contributed by atoms with Gasteiger partial charge in [0.15, 0.2) is 0 Å². The van der Waals surface area contributed by atoms with Crippen molar-refractivity contribution in [2.45, 2.75) is 58.8 Å². The van der Waals surface area contributed by atoms with Gasteiger partial charge >= 0.3 is 12.1 Å². The van der Waals surface area contributed by atoms with Crippen molar-refractivity contribution in [3.05, 3.63) is 78.4 Å². The number of likely N-dealkylation sites (N-methyl/N-ethyl adjacent to an activating group) is 1. The summed E-state index contributed by atoms with van der Waals surface area (Å²) in [6, 6.07) is 17.3. The Morgan fingerprint density at radius 1 is 1.11 bits per heavy atom. The number of nitrogens with zero attached hydrogens (tertiary/aromatic N) is 1. The molecule has 1 fully saturated rings. The number of rotatable bonds is 8. The molecule has 1 aliphatic rings. The Morgan fingerprint density at radius 2 is 1.76 bits per heavy atom. The number of ether oxygens (including phenoxy) is 3. The molecular weight excluding hydrogens is 484 g/mol. The van der Waals surface area contributed by atoms with Crippen molar-refractivity contribution in [1.82, 2.24) is 10.2 Å². The highest BCUT2D eigenvalue weighted by molar-refractivity contribution is 5.74. The van der Waals surface area contributed by atoms with Crippen LogP contribution in [0.5, 0.6) is 5.75 Å². The molecule has 1 heterocycles. The molecule has 8 heteroatoms. The number of aryl methyl sites for hydroxylation is 1. The van der Waals surface area contributed by atoms with Gasteiger partial charge in [-0.3, -0.25) is 9.69 Å². The average molecular weight is 527 g/mol. The molecule has 8 nitrogen and oxygen atoms in total. The van der Waals surface area contributed by atoms with Crippen molar-refractivity contribution < 1.29 is 28.6 Å². The van der Waals surface area contributed by atoms with Crippen LogP contribution in [0.25, 0.3) is 0 Å². The first-order valence-corrected chi connectivity index (χ1v) is 12.7. The first-order chi connectivity index (χ1) is 18.1. The van der Waals surface area contributed by atoms with E-state index in [0.717, 1.165) is 30.4 Å². The molecule has 38 heavy (non-hydrogen) atoms. The molecule has 0 bridgehead atoms. The van der Waals surface area contributed by atoms with E-state index in [1.807, 2.05) is 75.4 Å². The van der Waals surface area contributed by atoms with Gasteiger partial charge < -0.3 is 24.3 Å². The van der Waals surface area contributed by atoms with Gasteiger partial charge in [-0.05, 0) is 65.3 Å². The highest BCUT2D eigenvalue weighted by Crippen LogP contribution is 2.19. The van der Waals surface area contributed by atoms with Gasteiger partial charge in [0, 0.05) is 6.54 Å².